The fraction of sp³-hybridized carbons (Fsp3) is 0.222. The lowest BCUT2D eigenvalue weighted by molar-refractivity contribution is -0.391. The van der Waals surface area contributed by atoms with Crippen LogP contribution in [0.5, 0.6) is 11.5 Å². The van der Waals surface area contributed by atoms with Gasteiger partial charge in [0.25, 0.3) is 0 Å². The normalized spacial score (nSPS) is 19.4. The van der Waals surface area contributed by atoms with Crippen LogP contribution >= 0.6 is 15.9 Å². The smallest absolute Gasteiger partial charge is 0.478 e. The maximum atomic E-state index is 12.8. The molecule has 0 aliphatic carbocycles. The molecule has 9 heteroatoms. The monoisotopic (exact) mass is 330 g/mol. The number of alkyl halides is 4. The molecule has 1 aliphatic heterocycles. The molecule has 0 radical (unpaired) electrons. The molecular weight excluding hydrogens is 328 g/mol. The fourth-order valence-corrected chi connectivity index (χ4v) is 1.75. The van der Waals surface area contributed by atoms with E-state index in [4.69, 9.17) is 5.11 Å². The number of hydrogen-bond acceptors (Lipinski definition) is 3. The number of halogens is 5. The third-order valence-corrected chi connectivity index (χ3v) is 2.74. The van der Waals surface area contributed by atoms with Gasteiger partial charge in [0.2, 0.25) is 0 Å². The van der Waals surface area contributed by atoms with Crippen molar-refractivity contribution in [1.29, 1.82) is 0 Å². The third-order valence-electron chi connectivity index (χ3n) is 2.08. The van der Waals surface area contributed by atoms with Gasteiger partial charge in [-0.25, -0.2) is 4.79 Å². The molecule has 18 heavy (non-hydrogen) atoms. The molecule has 0 unspecified atom stereocenters. The molecule has 1 aromatic carbocycles. The number of aromatic carboxylic acids is 1. The second-order valence-corrected chi connectivity index (χ2v) is 4.18. The quantitative estimate of drug-likeness (QED) is 0.804. The number of hydrogen-bond donors (Lipinski definition) is 1. The highest BCUT2D eigenvalue weighted by molar-refractivity contribution is 9.10. The first-order valence-electron chi connectivity index (χ1n) is 4.34. The zero-order valence-electron chi connectivity index (χ0n) is 8.22. The number of carboxylic acids is 1. The van der Waals surface area contributed by atoms with Gasteiger partial charge in [-0.1, -0.05) is 0 Å². The Morgan fingerprint density at radius 1 is 1.11 bits per heavy atom. The van der Waals surface area contributed by atoms with Gasteiger partial charge in [0, 0.05) is 4.47 Å². The molecule has 0 fully saturated rings. The summed E-state index contributed by atoms with van der Waals surface area (Å²) in [7, 11) is 0. The number of rotatable bonds is 1. The van der Waals surface area contributed by atoms with Crippen molar-refractivity contribution in [3.05, 3.63) is 22.2 Å². The van der Waals surface area contributed by atoms with E-state index in [1.165, 1.54) is 0 Å². The van der Waals surface area contributed by atoms with Crippen LogP contribution in [0.25, 0.3) is 0 Å². The highest BCUT2D eigenvalue weighted by Crippen LogP contribution is 2.48. The predicted molar refractivity (Wildman–Crippen MR) is 52.3 cm³/mol. The van der Waals surface area contributed by atoms with Crippen LogP contribution in [0.2, 0.25) is 0 Å². The molecule has 0 saturated carbocycles. The first kappa shape index (κ1) is 12.9. The molecule has 98 valence electrons. The Kier molecular flexibility index (Phi) is 2.69. The maximum Gasteiger partial charge on any atom is 0.507 e. The summed E-state index contributed by atoms with van der Waals surface area (Å²) in [6, 6.07) is 1.49. The van der Waals surface area contributed by atoms with Gasteiger partial charge in [-0.15, -0.1) is 0 Å². The van der Waals surface area contributed by atoms with Crippen molar-refractivity contribution in [2.45, 2.75) is 12.2 Å². The minimum absolute atomic E-state index is 0.0987. The Labute approximate surface area is 105 Å². The van der Waals surface area contributed by atoms with Gasteiger partial charge >= 0.3 is 18.2 Å². The maximum absolute atomic E-state index is 12.8. The van der Waals surface area contributed by atoms with Crippen LogP contribution < -0.4 is 9.47 Å². The van der Waals surface area contributed by atoms with Crippen LogP contribution in [0.15, 0.2) is 16.6 Å². The summed E-state index contributed by atoms with van der Waals surface area (Å²) in [5.41, 5.74) is -0.418. The van der Waals surface area contributed by atoms with Crippen molar-refractivity contribution in [2.75, 3.05) is 0 Å². The first-order chi connectivity index (χ1) is 8.14. The molecule has 2 rings (SSSR count). The second-order valence-electron chi connectivity index (χ2n) is 3.32. The van der Waals surface area contributed by atoms with Gasteiger partial charge in [0.05, 0.1) is 5.56 Å². The molecule has 0 aromatic heterocycles. The van der Waals surface area contributed by atoms with Crippen molar-refractivity contribution in [3.8, 4) is 11.5 Å². The van der Waals surface area contributed by atoms with Crippen LogP contribution in [0.1, 0.15) is 10.4 Å². The van der Waals surface area contributed by atoms with Crippen LogP contribution in [0.4, 0.5) is 17.6 Å². The molecule has 0 amide bonds. The number of carbonyl (C=O) groups is 1. The Bertz CT molecular complexity index is 532. The minimum atomic E-state index is -4.87. The van der Waals surface area contributed by atoms with Crippen molar-refractivity contribution in [2.24, 2.45) is 0 Å². The summed E-state index contributed by atoms with van der Waals surface area (Å²) in [5, 5.41) is 8.74. The van der Waals surface area contributed by atoms with E-state index in [9.17, 15) is 22.4 Å². The van der Waals surface area contributed by atoms with Crippen LogP contribution in [-0.4, -0.2) is 23.3 Å². The van der Waals surface area contributed by atoms with E-state index < -0.39 is 35.2 Å². The van der Waals surface area contributed by atoms with Crippen molar-refractivity contribution in [3.63, 3.8) is 0 Å². The summed E-state index contributed by atoms with van der Waals surface area (Å²) in [5.74, 6) is -2.89. The Hall–Kier alpha value is -1.51. The van der Waals surface area contributed by atoms with E-state index >= 15 is 0 Å². The number of fused-ring (bicyclic) bond motifs is 1. The van der Waals surface area contributed by atoms with Crippen molar-refractivity contribution >= 4 is 21.9 Å². The molecule has 0 bridgehead atoms. The standard InChI is InChI=1S/C9H3BrF4O4/c10-4-2-6-5(1-3(4)7(15)16)17-8(11,12)9(13,14)18-6/h1-2H,(H,15,16). The topological polar surface area (TPSA) is 55.8 Å². The number of benzene rings is 1. The summed E-state index contributed by atoms with van der Waals surface area (Å²) in [6.07, 6.45) is -9.70. The third kappa shape index (κ3) is 1.88. The molecule has 0 saturated heterocycles. The van der Waals surface area contributed by atoms with E-state index in [2.05, 4.69) is 25.4 Å². The largest absolute Gasteiger partial charge is 0.507 e. The van der Waals surface area contributed by atoms with Crippen LogP contribution in [0, 0.1) is 0 Å². The number of ether oxygens (including phenoxy) is 2. The average molecular weight is 331 g/mol. The van der Waals surface area contributed by atoms with Gasteiger partial charge in [0.1, 0.15) is 0 Å². The van der Waals surface area contributed by atoms with Crippen molar-refractivity contribution < 1.29 is 36.9 Å². The van der Waals surface area contributed by atoms with E-state index in [0.29, 0.717) is 6.07 Å². The lowest BCUT2D eigenvalue weighted by atomic mass is 10.2. The molecule has 0 atom stereocenters. The van der Waals surface area contributed by atoms with Gasteiger partial charge in [0.15, 0.2) is 11.5 Å². The summed E-state index contributed by atoms with van der Waals surface area (Å²) in [6.45, 7) is 0. The predicted octanol–water partition coefficient (Wildman–Crippen LogP) is 3.10. The number of carboxylic acid groups (broad SMARTS) is 1. The van der Waals surface area contributed by atoms with Crippen LogP contribution in [0.3, 0.4) is 0 Å². The van der Waals surface area contributed by atoms with Gasteiger partial charge in [-0.05, 0) is 28.1 Å². The molecule has 1 N–H and O–H groups in total. The van der Waals surface area contributed by atoms with Crippen LogP contribution in [-0.2, 0) is 0 Å². The lowest BCUT2D eigenvalue weighted by Gasteiger charge is -2.32. The summed E-state index contributed by atoms with van der Waals surface area (Å²) < 4.78 is 58.8. The molecule has 4 nitrogen and oxygen atoms in total. The summed E-state index contributed by atoms with van der Waals surface area (Å²) in [4.78, 5) is 10.7. The SMILES string of the molecule is O=C(O)c1cc2c(cc1Br)OC(F)(F)C(F)(F)O2. The van der Waals surface area contributed by atoms with Gasteiger partial charge in [-0.2, -0.15) is 17.6 Å². The average Bonchev–Trinajstić information content (AvgIpc) is 2.18. The fourth-order valence-electron chi connectivity index (χ4n) is 1.25. The highest BCUT2D eigenvalue weighted by Gasteiger charge is 2.66. The minimum Gasteiger partial charge on any atom is -0.478 e. The van der Waals surface area contributed by atoms with Crippen molar-refractivity contribution in [1.82, 2.24) is 0 Å². The first-order valence-corrected chi connectivity index (χ1v) is 5.14. The molecule has 1 heterocycles. The zero-order valence-corrected chi connectivity index (χ0v) is 9.80. The second kappa shape index (κ2) is 3.74. The molecule has 1 aliphatic rings. The summed E-state index contributed by atoms with van der Waals surface area (Å²) >= 11 is 2.79. The molecule has 1 aromatic rings. The van der Waals surface area contributed by atoms with E-state index in [-0.39, 0.29) is 4.47 Å². The molecule has 0 spiro atoms. The van der Waals surface area contributed by atoms with Gasteiger partial charge < -0.3 is 14.6 Å². The van der Waals surface area contributed by atoms with E-state index in [1.54, 1.807) is 0 Å². The Morgan fingerprint density at radius 3 is 2.00 bits per heavy atom. The highest BCUT2D eigenvalue weighted by atomic mass is 79.9. The van der Waals surface area contributed by atoms with E-state index in [1.807, 2.05) is 0 Å². The zero-order chi connectivity index (χ0) is 13.7. The lowest BCUT2D eigenvalue weighted by Crippen LogP contribution is -2.52. The molecular formula is C9H3BrF4O4. The Morgan fingerprint density at radius 2 is 1.56 bits per heavy atom. The van der Waals surface area contributed by atoms with E-state index in [0.717, 1.165) is 6.07 Å². The van der Waals surface area contributed by atoms with Gasteiger partial charge in [-0.3, -0.25) is 0 Å². The Balaban J connectivity index is 2.55.